The van der Waals surface area contributed by atoms with E-state index in [0.29, 0.717) is 5.92 Å². The molecule has 0 radical (unpaired) electrons. The van der Waals surface area contributed by atoms with Crippen molar-refractivity contribution in [2.24, 2.45) is 5.92 Å². The Morgan fingerprint density at radius 3 is 2.74 bits per heavy atom. The molecule has 0 aromatic rings. The van der Waals surface area contributed by atoms with Crippen LogP contribution in [0.5, 0.6) is 0 Å². The van der Waals surface area contributed by atoms with Crippen molar-refractivity contribution in [2.75, 3.05) is 13.2 Å². The van der Waals surface area contributed by atoms with E-state index >= 15 is 0 Å². The summed E-state index contributed by atoms with van der Waals surface area (Å²) < 4.78 is 17.6. The molecule has 1 saturated carbocycles. The molecule has 0 N–H and O–H groups in total. The molecule has 1 saturated heterocycles. The molecular formula is C21H35BrO3SiZn. The van der Waals surface area contributed by atoms with Crippen molar-refractivity contribution in [3.63, 3.8) is 0 Å². The van der Waals surface area contributed by atoms with E-state index in [1.165, 1.54) is 54.0 Å². The molecule has 0 bridgehead atoms. The molecule has 0 aromatic carbocycles. The molecule has 0 spiro atoms. The minimum absolute atomic E-state index is 0.0649. The fourth-order valence-corrected chi connectivity index (χ4v) is 5.10. The summed E-state index contributed by atoms with van der Waals surface area (Å²) in [6.45, 7) is 8.51. The van der Waals surface area contributed by atoms with Gasteiger partial charge in [0, 0.05) is 13.2 Å². The predicted octanol–water partition coefficient (Wildman–Crippen LogP) is 6.23. The average molecular weight is 509 g/mol. The zero-order chi connectivity index (χ0) is 19.7. The number of unbranched alkanes of at least 4 members (excludes halogenated alkanes) is 2. The van der Waals surface area contributed by atoms with Gasteiger partial charge in [0.1, 0.15) is 0 Å². The van der Waals surface area contributed by atoms with Crippen molar-refractivity contribution in [2.45, 2.75) is 89.8 Å². The number of allylic oxidation sites excluding steroid dienone is 3. The van der Waals surface area contributed by atoms with Crippen LogP contribution in [0.1, 0.15) is 57.8 Å². The third-order valence-corrected chi connectivity index (χ3v) is 6.22. The van der Waals surface area contributed by atoms with Gasteiger partial charge in [0.15, 0.2) is 14.6 Å². The van der Waals surface area contributed by atoms with Gasteiger partial charge in [-0.25, -0.2) is 5.57 Å². The van der Waals surface area contributed by atoms with E-state index in [4.69, 9.17) is 13.9 Å². The Hall–Kier alpha value is 0.680. The monoisotopic (exact) mass is 506 g/mol. The first kappa shape index (κ1) is 24.0. The molecule has 3 nitrogen and oxygen atoms in total. The minimum atomic E-state index is -1.44. The van der Waals surface area contributed by atoms with E-state index in [0.717, 1.165) is 38.9 Å². The summed E-state index contributed by atoms with van der Waals surface area (Å²) in [5.41, 5.74) is 3.14. The van der Waals surface area contributed by atoms with E-state index in [9.17, 15) is 0 Å². The van der Waals surface area contributed by atoms with Gasteiger partial charge in [-0.2, -0.15) is 0 Å². The molecule has 6 heteroatoms. The van der Waals surface area contributed by atoms with Crippen LogP contribution in [0, 0.1) is 12.0 Å². The topological polar surface area (TPSA) is 27.7 Å². The summed E-state index contributed by atoms with van der Waals surface area (Å²) in [5.74, 6) is 0.708. The van der Waals surface area contributed by atoms with E-state index in [1.54, 1.807) is 5.57 Å². The number of rotatable bonds is 8. The zero-order valence-corrected chi connectivity index (χ0v) is 23.0. The maximum atomic E-state index is 6.21. The van der Waals surface area contributed by atoms with Crippen LogP contribution in [0.2, 0.25) is 19.6 Å². The molecule has 3 aliphatic rings. The molecule has 3 atom stereocenters. The van der Waals surface area contributed by atoms with Gasteiger partial charge in [-0.1, -0.05) is 24.2 Å². The van der Waals surface area contributed by atoms with Crippen LogP contribution in [0.4, 0.5) is 0 Å². The van der Waals surface area contributed by atoms with Crippen molar-refractivity contribution in [1.29, 1.82) is 0 Å². The van der Waals surface area contributed by atoms with Crippen LogP contribution in [0.3, 0.4) is 0 Å². The number of hydrogen-bond donors (Lipinski definition) is 0. The van der Waals surface area contributed by atoms with Gasteiger partial charge in [-0.15, -0.1) is 0 Å². The summed E-state index contributed by atoms with van der Waals surface area (Å²) in [7, 11) is -1.44. The molecule has 150 valence electrons. The number of hydrogen-bond acceptors (Lipinski definition) is 3. The van der Waals surface area contributed by atoms with Crippen LogP contribution in [-0.4, -0.2) is 33.9 Å². The summed E-state index contributed by atoms with van der Waals surface area (Å²) >= 11 is 4.25. The fourth-order valence-electron chi connectivity index (χ4n) is 4.09. The second-order valence-corrected chi connectivity index (χ2v) is 13.2. The molecule has 3 unspecified atom stereocenters. The summed E-state index contributed by atoms with van der Waals surface area (Å²) in [4.78, 5) is 0. The van der Waals surface area contributed by atoms with Crippen LogP contribution >= 0.6 is 13.6 Å². The standard InChI is InChI=1S/C21H35O3Si.BrH.Zn/c1-25(2,3)24-20-15-18-13-17(14-19(18)16-20)9-5-4-7-11-22-21-10-6-8-12-23-21;;/h9,18,20-21H,4-8,10-15H2,1-3H3;1H;/q-1;;+2/p-1/b17-9+;;. The number of ether oxygens (including phenoxy) is 2. The molecule has 2 aliphatic carbocycles. The van der Waals surface area contributed by atoms with Gasteiger partial charge < -0.3 is 20.0 Å². The third kappa shape index (κ3) is 8.92. The van der Waals surface area contributed by atoms with E-state index in [2.05, 4.69) is 45.4 Å². The van der Waals surface area contributed by atoms with Crippen molar-refractivity contribution >= 4 is 21.9 Å². The predicted molar refractivity (Wildman–Crippen MR) is 113 cm³/mol. The SMILES string of the molecule is C[Si](C)(C)OC1[C-]=C2C/C(=C/CCCCOC3CCCCO3)CC2C1.[Zn+][Br]. The van der Waals surface area contributed by atoms with E-state index < -0.39 is 8.32 Å². The first-order valence-electron chi connectivity index (χ1n) is 10.5. The van der Waals surface area contributed by atoms with Crippen LogP contribution in [0.25, 0.3) is 0 Å². The normalized spacial score (nSPS) is 29.3. The first-order chi connectivity index (χ1) is 13.0. The Bertz CT molecular complexity index is 498. The van der Waals surface area contributed by atoms with Gasteiger partial charge >= 0.3 is 30.0 Å². The molecular weight excluding hydrogens is 474 g/mol. The second kappa shape index (κ2) is 12.4. The third-order valence-electron chi connectivity index (χ3n) is 5.23. The zero-order valence-electron chi connectivity index (χ0n) is 17.4. The van der Waals surface area contributed by atoms with Crippen LogP contribution < -0.4 is 0 Å². The Labute approximate surface area is 183 Å². The Morgan fingerprint density at radius 1 is 1.26 bits per heavy atom. The molecule has 0 aromatic heterocycles. The fraction of sp³-hybridized carbons (Fsp3) is 0.810. The summed E-state index contributed by atoms with van der Waals surface area (Å²) in [6.07, 6.45) is 17.0. The van der Waals surface area contributed by atoms with Gasteiger partial charge in [-0.05, 0) is 76.9 Å². The van der Waals surface area contributed by atoms with Gasteiger partial charge in [0.2, 0.25) is 0 Å². The Morgan fingerprint density at radius 2 is 2.07 bits per heavy atom. The number of fused-ring (bicyclic) bond motifs is 1. The molecule has 0 amide bonds. The van der Waals surface area contributed by atoms with E-state index in [-0.39, 0.29) is 12.4 Å². The van der Waals surface area contributed by atoms with Crippen molar-refractivity contribution in [3.8, 4) is 0 Å². The quantitative estimate of drug-likeness (QED) is 0.168. The van der Waals surface area contributed by atoms with Crippen molar-refractivity contribution in [3.05, 3.63) is 23.3 Å². The van der Waals surface area contributed by atoms with Gasteiger partial charge in [0.05, 0.1) is 0 Å². The van der Waals surface area contributed by atoms with Crippen LogP contribution in [0.15, 0.2) is 17.2 Å². The molecule has 27 heavy (non-hydrogen) atoms. The Kier molecular flexibility index (Phi) is 11.0. The molecule has 1 heterocycles. The maximum absolute atomic E-state index is 6.21. The Balaban J connectivity index is 0.00000126. The van der Waals surface area contributed by atoms with Crippen LogP contribution in [-0.2, 0) is 30.2 Å². The van der Waals surface area contributed by atoms with Crippen molar-refractivity contribution < 1.29 is 30.2 Å². The average Bonchev–Trinajstić information content (AvgIpc) is 3.17. The van der Waals surface area contributed by atoms with E-state index in [1.807, 2.05) is 0 Å². The van der Waals surface area contributed by atoms with Gasteiger partial charge in [-0.3, -0.25) is 0 Å². The second-order valence-electron chi connectivity index (χ2n) is 8.73. The summed E-state index contributed by atoms with van der Waals surface area (Å²) in [6, 6.07) is 0. The van der Waals surface area contributed by atoms with Crippen molar-refractivity contribution in [1.82, 2.24) is 0 Å². The molecule has 3 rings (SSSR count). The number of halogens is 1. The summed E-state index contributed by atoms with van der Waals surface area (Å²) in [5, 5.41) is 0. The first-order valence-corrected chi connectivity index (χ1v) is 20.8. The van der Waals surface area contributed by atoms with Gasteiger partial charge in [0.25, 0.3) is 0 Å². The molecule has 1 aliphatic heterocycles. The molecule has 2 fully saturated rings.